The Bertz CT molecular complexity index is 238. The first-order chi connectivity index (χ1) is 6.44. The first-order valence-corrected chi connectivity index (χ1v) is 4.70. The smallest absolute Gasteiger partial charge is 0.318 e. The van der Waals surface area contributed by atoms with Gasteiger partial charge in [-0.05, 0) is 26.8 Å². The molecule has 1 N–H and O–H groups in total. The van der Waals surface area contributed by atoms with Crippen LogP contribution in [0.2, 0.25) is 0 Å². The number of hydrogen-bond donors (Lipinski definition) is 1. The molecule has 6 heteroatoms. The molecule has 1 heterocycles. The summed E-state index contributed by atoms with van der Waals surface area (Å²) in [5.41, 5.74) is -1.67. The molecule has 1 rings (SSSR count). The molecule has 1 aliphatic heterocycles. The molecule has 90 valence electrons. The maximum absolute atomic E-state index is 13.5. The third-order valence-corrected chi connectivity index (χ3v) is 2.68. The Balaban J connectivity index is 0.00000196. The van der Waals surface area contributed by atoms with Gasteiger partial charge in [-0.2, -0.15) is 0 Å². The molecule has 1 aliphatic rings. The van der Waals surface area contributed by atoms with Crippen molar-refractivity contribution in [1.82, 2.24) is 5.32 Å². The highest BCUT2D eigenvalue weighted by atomic mass is 35.5. The van der Waals surface area contributed by atoms with Gasteiger partial charge in [0, 0.05) is 0 Å². The standard InChI is InChI=1S/C9H15F2NO2.ClH/c1-3-14-7(13)8(2)4-5-12-6-9(8,10)11;/h12H,3-6H2,1-2H3;1H. The van der Waals surface area contributed by atoms with Crippen molar-refractivity contribution in [2.45, 2.75) is 26.2 Å². The largest absolute Gasteiger partial charge is 0.465 e. The lowest BCUT2D eigenvalue weighted by molar-refractivity contribution is -0.187. The molecule has 1 saturated heterocycles. The summed E-state index contributed by atoms with van der Waals surface area (Å²) >= 11 is 0. The number of carbonyl (C=O) groups is 1. The van der Waals surface area contributed by atoms with Crippen molar-refractivity contribution in [3.63, 3.8) is 0 Å². The maximum atomic E-state index is 13.5. The quantitative estimate of drug-likeness (QED) is 0.749. The van der Waals surface area contributed by atoms with E-state index >= 15 is 0 Å². The van der Waals surface area contributed by atoms with Crippen molar-refractivity contribution >= 4 is 18.4 Å². The fourth-order valence-corrected chi connectivity index (χ4v) is 1.50. The predicted molar refractivity (Wildman–Crippen MR) is 54.4 cm³/mol. The van der Waals surface area contributed by atoms with Crippen LogP contribution in [0.4, 0.5) is 8.78 Å². The van der Waals surface area contributed by atoms with Gasteiger partial charge in [-0.25, -0.2) is 8.78 Å². The second kappa shape index (κ2) is 5.07. The molecule has 0 amide bonds. The summed E-state index contributed by atoms with van der Waals surface area (Å²) in [5.74, 6) is -3.83. The molecule has 0 aromatic heterocycles. The minimum atomic E-state index is -3.03. The van der Waals surface area contributed by atoms with Gasteiger partial charge >= 0.3 is 5.97 Å². The van der Waals surface area contributed by atoms with Gasteiger partial charge < -0.3 is 10.1 Å². The van der Waals surface area contributed by atoms with Gasteiger partial charge in [0.15, 0.2) is 0 Å². The second-order valence-electron chi connectivity index (χ2n) is 3.68. The van der Waals surface area contributed by atoms with Gasteiger partial charge in [-0.1, -0.05) is 0 Å². The van der Waals surface area contributed by atoms with Gasteiger partial charge in [0.25, 0.3) is 5.92 Å². The number of ether oxygens (including phenoxy) is 1. The van der Waals surface area contributed by atoms with Crippen LogP contribution in [0, 0.1) is 5.41 Å². The molecule has 1 atom stereocenters. The van der Waals surface area contributed by atoms with E-state index in [0.29, 0.717) is 6.54 Å². The molecule has 1 fully saturated rings. The van der Waals surface area contributed by atoms with Crippen LogP contribution in [0.25, 0.3) is 0 Å². The number of alkyl halides is 2. The Kier molecular flexibility index (Phi) is 4.93. The van der Waals surface area contributed by atoms with E-state index in [1.54, 1.807) is 6.92 Å². The minimum Gasteiger partial charge on any atom is -0.465 e. The van der Waals surface area contributed by atoms with Crippen molar-refractivity contribution in [2.24, 2.45) is 5.41 Å². The molecule has 15 heavy (non-hydrogen) atoms. The fourth-order valence-electron chi connectivity index (χ4n) is 1.50. The monoisotopic (exact) mass is 243 g/mol. The Morgan fingerprint density at radius 2 is 2.13 bits per heavy atom. The van der Waals surface area contributed by atoms with Crippen LogP contribution in [-0.4, -0.2) is 31.6 Å². The van der Waals surface area contributed by atoms with Crippen molar-refractivity contribution in [3.8, 4) is 0 Å². The normalized spacial score (nSPS) is 29.1. The summed E-state index contributed by atoms with van der Waals surface area (Å²) in [6.45, 7) is 2.98. The van der Waals surface area contributed by atoms with Crippen LogP contribution in [0.3, 0.4) is 0 Å². The summed E-state index contributed by atoms with van der Waals surface area (Å²) < 4.78 is 31.6. The zero-order valence-electron chi connectivity index (χ0n) is 8.81. The molecule has 0 saturated carbocycles. The third kappa shape index (κ3) is 2.58. The highest BCUT2D eigenvalue weighted by molar-refractivity contribution is 5.85. The molecule has 3 nitrogen and oxygen atoms in total. The van der Waals surface area contributed by atoms with Crippen LogP contribution in [0.15, 0.2) is 0 Å². The van der Waals surface area contributed by atoms with E-state index in [4.69, 9.17) is 0 Å². The Hall–Kier alpha value is -0.420. The lowest BCUT2D eigenvalue weighted by Crippen LogP contribution is -2.57. The van der Waals surface area contributed by atoms with Crippen molar-refractivity contribution in [1.29, 1.82) is 0 Å². The summed E-state index contributed by atoms with van der Waals surface area (Å²) in [5, 5.41) is 2.57. The summed E-state index contributed by atoms with van der Waals surface area (Å²) in [6, 6.07) is 0. The molecule has 0 radical (unpaired) electrons. The van der Waals surface area contributed by atoms with Crippen molar-refractivity contribution < 1.29 is 18.3 Å². The van der Waals surface area contributed by atoms with E-state index in [-0.39, 0.29) is 25.4 Å². The van der Waals surface area contributed by atoms with E-state index < -0.39 is 23.9 Å². The average Bonchev–Trinajstić information content (AvgIpc) is 2.10. The molecule has 0 aromatic carbocycles. The van der Waals surface area contributed by atoms with E-state index in [2.05, 4.69) is 10.1 Å². The highest BCUT2D eigenvalue weighted by Crippen LogP contribution is 2.42. The molecule has 0 bridgehead atoms. The topological polar surface area (TPSA) is 38.3 Å². The third-order valence-electron chi connectivity index (χ3n) is 2.68. The zero-order chi connectivity index (χ0) is 10.8. The van der Waals surface area contributed by atoms with E-state index in [0.717, 1.165) is 0 Å². The van der Waals surface area contributed by atoms with E-state index in [1.165, 1.54) is 6.92 Å². The number of piperidine rings is 1. The molecule has 0 aromatic rings. The number of carbonyl (C=O) groups excluding carboxylic acids is 1. The lowest BCUT2D eigenvalue weighted by Gasteiger charge is -2.38. The van der Waals surface area contributed by atoms with Gasteiger partial charge in [-0.3, -0.25) is 4.79 Å². The predicted octanol–water partition coefficient (Wildman–Crippen LogP) is 1.61. The van der Waals surface area contributed by atoms with Gasteiger partial charge in [-0.15, -0.1) is 12.4 Å². The van der Waals surface area contributed by atoms with Crippen molar-refractivity contribution in [2.75, 3.05) is 19.7 Å². The van der Waals surface area contributed by atoms with Crippen LogP contribution in [0.5, 0.6) is 0 Å². The van der Waals surface area contributed by atoms with Crippen LogP contribution in [-0.2, 0) is 9.53 Å². The SMILES string of the molecule is CCOC(=O)C1(C)CCNCC1(F)F.Cl. The molecule has 0 aliphatic carbocycles. The number of nitrogens with one attached hydrogen (secondary N) is 1. The first kappa shape index (κ1) is 14.6. The summed E-state index contributed by atoms with van der Waals surface area (Å²) in [4.78, 5) is 11.4. The van der Waals surface area contributed by atoms with Crippen LogP contribution < -0.4 is 5.32 Å². The molecular weight excluding hydrogens is 228 g/mol. The first-order valence-electron chi connectivity index (χ1n) is 4.70. The van der Waals surface area contributed by atoms with Crippen LogP contribution >= 0.6 is 12.4 Å². The van der Waals surface area contributed by atoms with Crippen LogP contribution in [0.1, 0.15) is 20.3 Å². The fraction of sp³-hybridized carbons (Fsp3) is 0.889. The maximum Gasteiger partial charge on any atom is 0.318 e. The highest BCUT2D eigenvalue weighted by Gasteiger charge is 2.57. The molecular formula is C9H16ClF2NO2. The molecule has 1 unspecified atom stereocenters. The average molecular weight is 244 g/mol. The minimum absolute atomic E-state index is 0. The van der Waals surface area contributed by atoms with Gasteiger partial charge in [0.1, 0.15) is 5.41 Å². The Labute approximate surface area is 94.0 Å². The number of esters is 1. The van der Waals surface area contributed by atoms with Crippen molar-refractivity contribution in [3.05, 3.63) is 0 Å². The second-order valence-corrected chi connectivity index (χ2v) is 3.68. The summed E-state index contributed by atoms with van der Waals surface area (Å²) in [6.07, 6.45) is 0.110. The van der Waals surface area contributed by atoms with Gasteiger partial charge in [0.2, 0.25) is 0 Å². The number of halogens is 3. The lowest BCUT2D eigenvalue weighted by atomic mass is 9.77. The summed E-state index contributed by atoms with van der Waals surface area (Å²) in [7, 11) is 0. The van der Waals surface area contributed by atoms with Gasteiger partial charge in [0.05, 0.1) is 13.2 Å². The Morgan fingerprint density at radius 3 is 2.60 bits per heavy atom. The zero-order valence-corrected chi connectivity index (χ0v) is 9.63. The Morgan fingerprint density at radius 1 is 1.53 bits per heavy atom. The molecule has 0 spiro atoms. The van der Waals surface area contributed by atoms with E-state index in [1.807, 2.05) is 0 Å². The van der Waals surface area contributed by atoms with E-state index in [9.17, 15) is 13.6 Å². The number of rotatable bonds is 2. The number of hydrogen-bond acceptors (Lipinski definition) is 3.